The summed E-state index contributed by atoms with van der Waals surface area (Å²) >= 11 is 0. The van der Waals surface area contributed by atoms with Gasteiger partial charge in [0.05, 0.1) is 34.4 Å². The van der Waals surface area contributed by atoms with Gasteiger partial charge in [0.15, 0.2) is 0 Å². The number of carbonyl (C=O) groups excluding carboxylic acids is 2. The van der Waals surface area contributed by atoms with Crippen LogP contribution in [0.4, 0.5) is 5.69 Å². The molecule has 6 nitrogen and oxygen atoms in total. The third-order valence-corrected chi connectivity index (χ3v) is 4.21. The molecule has 3 aromatic rings. The molecule has 0 unspecified atom stereocenters. The van der Waals surface area contributed by atoms with Gasteiger partial charge in [0.1, 0.15) is 0 Å². The van der Waals surface area contributed by atoms with Crippen LogP contribution in [0.2, 0.25) is 0 Å². The minimum Gasteiger partial charge on any atom is -0.352 e. The molecule has 0 saturated heterocycles. The molecule has 0 saturated carbocycles. The molecule has 27 heavy (non-hydrogen) atoms. The highest BCUT2D eigenvalue weighted by Crippen LogP contribution is 2.19. The summed E-state index contributed by atoms with van der Waals surface area (Å²) in [6.07, 6.45) is 2.38. The molecular weight excluding hydrogens is 340 g/mol. The lowest BCUT2D eigenvalue weighted by Gasteiger charge is -2.11. The molecular formula is C21H22N4O2. The lowest BCUT2D eigenvalue weighted by atomic mass is 10.1. The summed E-state index contributed by atoms with van der Waals surface area (Å²) in [7, 11) is 0. The van der Waals surface area contributed by atoms with Crippen LogP contribution in [-0.4, -0.2) is 28.1 Å². The molecule has 0 spiro atoms. The molecule has 0 bridgehead atoms. The largest absolute Gasteiger partial charge is 0.352 e. The van der Waals surface area contributed by atoms with Crippen molar-refractivity contribution in [3.8, 4) is 5.69 Å². The van der Waals surface area contributed by atoms with Crippen LogP contribution in [0.3, 0.4) is 0 Å². The molecule has 2 aromatic carbocycles. The third kappa shape index (κ3) is 4.06. The van der Waals surface area contributed by atoms with Crippen LogP contribution in [0.5, 0.6) is 0 Å². The SMILES string of the molecule is CCCNC(=O)c1ccccc1NC(=O)c1cnn(-c2ccccc2)c1C. The Morgan fingerprint density at radius 2 is 1.67 bits per heavy atom. The van der Waals surface area contributed by atoms with Crippen molar-refractivity contribution in [2.45, 2.75) is 20.3 Å². The number of para-hydroxylation sites is 2. The van der Waals surface area contributed by atoms with Crippen molar-refractivity contribution in [3.05, 3.63) is 77.6 Å². The number of nitrogens with zero attached hydrogens (tertiary/aromatic N) is 2. The number of anilines is 1. The number of nitrogens with one attached hydrogen (secondary N) is 2. The van der Waals surface area contributed by atoms with Gasteiger partial charge in [-0.25, -0.2) is 4.68 Å². The van der Waals surface area contributed by atoms with E-state index in [-0.39, 0.29) is 11.8 Å². The summed E-state index contributed by atoms with van der Waals surface area (Å²) in [5, 5.41) is 9.99. The molecule has 6 heteroatoms. The van der Waals surface area contributed by atoms with Crippen LogP contribution in [0.1, 0.15) is 39.8 Å². The number of hydrogen-bond donors (Lipinski definition) is 2. The first kappa shape index (κ1) is 18.4. The van der Waals surface area contributed by atoms with E-state index in [1.54, 1.807) is 28.9 Å². The Hall–Kier alpha value is -3.41. The highest BCUT2D eigenvalue weighted by molar-refractivity contribution is 6.09. The van der Waals surface area contributed by atoms with Gasteiger partial charge in [-0.05, 0) is 37.6 Å². The van der Waals surface area contributed by atoms with E-state index in [1.165, 1.54) is 6.20 Å². The number of carbonyl (C=O) groups is 2. The van der Waals surface area contributed by atoms with Crippen molar-refractivity contribution in [1.82, 2.24) is 15.1 Å². The minimum absolute atomic E-state index is 0.204. The lowest BCUT2D eigenvalue weighted by molar-refractivity contribution is 0.0954. The van der Waals surface area contributed by atoms with Crippen molar-refractivity contribution >= 4 is 17.5 Å². The van der Waals surface area contributed by atoms with E-state index in [2.05, 4.69) is 15.7 Å². The normalized spacial score (nSPS) is 10.4. The summed E-state index contributed by atoms with van der Waals surface area (Å²) < 4.78 is 1.72. The van der Waals surface area contributed by atoms with E-state index in [1.807, 2.05) is 44.2 Å². The first-order valence-corrected chi connectivity index (χ1v) is 8.90. The maximum Gasteiger partial charge on any atom is 0.259 e. The van der Waals surface area contributed by atoms with Gasteiger partial charge in [-0.15, -0.1) is 0 Å². The molecule has 2 N–H and O–H groups in total. The number of aromatic nitrogens is 2. The van der Waals surface area contributed by atoms with Crippen LogP contribution in [-0.2, 0) is 0 Å². The summed E-state index contributed by atoms with van der Waals surface area (Å²) in [6, 6.07) is 16.6. The molecule has 1 aromatic heterocycles. The Bertz CT molecular complexity index is 948. The fourth-order valence-electron chi connectivity index (χ4n) is 2.78. The fourth-order valence-corrected chi connectivity index (χ4v) is 2.78. The van der Waals surface area contributed by atoms with Crippen LogP contribution in [0.25, 0.3) is 5.69 Å². The fraction of sp³-hybridized carbons (Fsp3) is 0.190. The molecule has 0 fully saturated rings. The van der Waals surface area contributed by atoms with Crippen LogP contribution in [0, 0.1) is 6.92 Å². The zero-order valence-electron chi connectivity index (χ0n) is 15.4. The predicted molar refractivity (Wildman–Crippen MR) is 105 cm³/mol. The van der Waals surface area contributed by atoms with Crippen molar-refractivity contribution in [2.75, 3.05) is 11.9 Å². The molecule has 0 radical (unpaired) electrons. The van der Waals surface area contributed by atoms with Crippen molar-refractivity contribution in [3.63, 3.8) is 0 Å². The van der Waals surface area contributed by atoms with E-state index in [4.69, 9.17) is 0 Å². The lowest BCUT2D eigenvalue weighted by Crippen LogP contribution is -2.25. The van der Waals surface area contributed by atoms with Gasteiger partial charge in [-0.2, -0.15) is 5.10 Å². The molecule has 0 atom stereocenters. The third-order valence-electron chi connectivity index (χ3n) is 4.21. The average molecular weight is 362 g/mol. The molecule has 0 aliphatic heterocycles. The van der Waals surface area contributed by atoms with E-state index in [0.717, 1.165) is 17.8 Å². The van der Waals surface area contributed by atoms with Crippen molar-refractivity contribution in [2.24, 2.45) is 0 Å². The Kier molecular flexibility index (Phi) is 5.66. The monoisotopic (exact) mass is 362 g/mol. The van der Waals surface area contributed by atoms with Crippen molar-refractivity contribution < 1.29 is 9.59 Å². The second-order valence-corrected chi connectivity index (χ2v) is 6.15. The Morgan fingerprint density at radius 1 is 0.963 bits per heavy atom. The Balaban J connectivity index is 1.83. The van der Waals surface area contributed by atoms with Gasteiger partial charge in [0, 0.05) is 6.54 Å². The van der Waals surface area contributed by atoms with E-state index in [9.17, 15) is 9.59 Å². The Morgan fingerprint density at radius 3 is 2.41 bits per heavy atom. The maximum absolute atomic E-state index is 12.8. The van der Waals surface area contributed by atoms with Crippen molar-refractivity contribution in [1.29, 1.82) is 0 Å². The standard InChI is InChI=1S/C21H22N4O2/c1-3-13-22-20(26)17-11-7-8-12-19(17)24-21(27)18-14-23-25(15(18)2)16-9-5-4-6-10-16/h4-12,14H,3,13H2,1-2H3,(H,22,26)(H,24,27). The van der Waals surface area contributed by atoms with Crippen LogP contribution < -0.4 is 10.6 Å². The molecule has 2 amide bonds. The molecule has 0 aliphatic rings. The second-order valence-electron chi connectivity index (χ2n) is 6.15. The summed E-state index contributed by atoms with van der Waals surface area (Å²) in [5.74, 6) is -0.505. The molecule has 138 valence electrons. The maximum atomic E-state index is 12.8. The first-order chi connectivity index (χ1) is 13.1. The average Bonchev–Trinajstić information content (AvgIpc) is 3.08. The summed E-state index contributed by atoms with van der Waals surface area (Å²) in [5.41, 5.74) is 2.98. The van der Waals surface area contributed by atoms with Gasteiger partial charge in [0.25, 0.3) is 11.8 Å². The van der Waals surface area contributed by atoms with Crippen LogP contribution >= 0.6 is 0 Å². The molecule has 3 rings (SSSR count). The quantitative estimate of drug-likeness (QED) is 0.704. The van der Waals surface area contributed by atoms with Gasteiger partial charge < -0.3 is 10.6 Å². The van der Waals surface area contributed by atoms with Gasteiger partial charge in [0.2, 0.25) is 0 Å². The number of benzene rings is 2. The minimum atomic E-state index is -0.301. The Labute approximate surface area is 158 Å². The molecule has 1 heterocycles. The number of rotatable bonds is 6. The predicted octanol–water partition coefficient (Wildman–Crippen LogP) is 3.57. The van der Waals surface area contributed by atoms with E-state index < -0.39 is 0 Å². The van der Waals surface area contributed by atoms with E-state index in [0.29, 0.717) is 23.4 Å². The van der Waals surface area contributed by atoms with Crippen LogP contribution in [0.15, 0.2) is 60.8 Å². The topological polar surface area (TPSA) is 76.0 Å². The second kappa shape index (κ2) is 8.31. The highest BCUT2D eigenvalue weighted by atomic mass is 16.2. The zero-order chi connectivity index (χ0) is 19.2. The van der Waals surface area contributed by atoms with Gasteiger partial charge in [-0.3, -0.25) is 9.59 Å². The number of hydrogen-bond acceptors (Lipinski definition) is 3. The van der Waals surface area contributed by atoms with Gasteiger partial charge in [-0.1, -0.05) is 37.3 Å². The first-order valence-electron chi connectivity index (χ1n) is 8.90. The number of amides is 2. The summed E-state index contributed by atoms with van der Waals surface area (Å²) in [4.78, 5) is 25.1. The highest BCUT2D eigenvalue weighted by Gasteiger charge is 2.18. The smallest absolute Gasteiger partial charge is 0.259 e. The van der Waals surface area contributed by atoms with E-state index >= 15 is 0 Å². The van der Waals surface area contributed by atoms with Gasteiger partial charge >= 0.3 is 0 Å². The summed E-state index contributed by atoms with van der Waals surface area (Å²) in [6.45, 7) is 4.42. The molecule has 0 aliphatic carbocycles. The zero-order valence-corrected chi connectivity index (χ0v) is 15.4.